The minimum atomic E-state index is -1.70. The van der Waals surface area contributed by atoms with E-state index >= 15 is 0 Å². The summed E-state index contributed by atoms with van der Waals surface area (Å²) in [7, 11) is -1.70. The summed E-state index contributed by atoms with van der Waals surface area (Å²) in [6.07, 6.45) is 6.38. The highest BCUT2D eigenvalue weighted by Gasteiger charge is 2.32. The molecule has 5 heteroatoms. The number of hydrogen-bond acceptors (Lipinski definition) is 3. The Bertz CT molecular complexity index is 333. The van der Waals surface area contributed by atoms with Crippen LogP contribution in [-0.2, 0) is 9.16 Å². The first-order valence-corrected chi connectivity index (χ1v) is 11.7. The third-order valence-corrected chi connectivity index (χ3v) is 4.29. The lowest BCUT2D eigenvalue weighted by molar-refractivity contribution is -0.0259. The monoisotopic (exact) mass is 315 g/mol. The predicted molar refractivity (Wildman–Crippen MR) is 88.9 cm³/mol. The summed E-state index contributed by atoms with van der Waals surface area (Å²) in [6.45, 7) is 13.0. The molecular formula is C16H33NO3Si. The van der Waals surface area contributed by atoms with Crippen LogP contribution in [0.5, 0.6) is 0 Å². The van der Waals surface area contributed by atoms with Gasteiger partial charge in [0.2, 0.25) is 0 Å². The number of carbonyl (C=O) groups is 1. The molecule has 0 aromatic rings. The van der Waals surface area contributed by atoms with Crippen molar-refractivity contribution in [3.63, 3.8) is 0 Å². The van der Waals surface area contributed by atoms with Gasteiger partial charge in [-0.05, 0) is 59.7 Å². The molecule has 0 aromatic heterocycles. The van der Waals surface area contributed by atoms with Gasteiger partial charge in [-0.15, -0.1) is 0 Å². The zero-order valence-corrected chi connectivity index (χ0v) is 15.7. The van der Waals surface area contributed by atoms with Crippen molar-refractivity contribution in [3.05, 3.63) is 0 Å². The van der Waals surface area contributed by atoms with Gasteiger partial charge < -0.3 is 9.16 Å². The summed E-state index contributed by atoms with van der Waals surface area (Å²) in [5, 5.41) is 0. The molecule has 0 saturated carbocycles. The van der Waals surface area contributed by atoms with E-state index in [-0.39, 0.29) is 12.3 Å². The first kappa shape index (κ1) is 18.5. The first-order chi connectivity index (χ1) is 9.58. The maximum atomic E-state index is 12.5. The summed E-state index contributed by atoms with van der Waals surface area (Å²) in [5.74, 6) is 0. The molecule has 1 atom stereocenters. The molecule has 0 N–H and O–H groups in total. The van der Waals surface area contributed by atoms with Gasteiger partial charge in [0.05, 0.1) is 0 Å². The van der Waals surface area contributed by atoms with Gasteiger partial charge in [0.15, 0.2) is 8.32 Å². The van der Waals surface area contributed by atoms with E-state index in [1.807, 2.05) is 25.7 Å². The van der Waals surface area contributed by atoms with Gasteiger partial charge in [0.1, 0.15) is 11.8 Å². The molecule has 1 rings (SSSR count). The topological polar surface area (TPSA) is 38.8 Å². The van der Waals surface area contributed by atoms with Gasteiger partial charge in [0, 0.05) is 6.54 Å². The quantitative estimate of drug-likeness (QED) is 0.690. The second kappa shape index (κ2) is 7.63. The Morgan fingerprint density at radius 2 is 1.62 bits per heavy atom. The van der Waals surface area contributed by atoms with Crippen LogP contribution < -0.4 is 0 Å². The molecule has 4 nitrogen and oxygen atoms in total. The highest BCUT2D eigenvalue weighted by Crippen LogP contribution is 2.23. The van der Waals surface area contributed by atoms with E-state index in [4.69, 9.17) is 9.16 Å². The van der Waals surface area contributed by atoms with Crippen LogP contribution in [0.1, 0.15) is 59.3 Å². The van der Waals surface area contributed by atoms with Crippen LogP contribution >= 0.6 is 0 Å². The third-order valence-electron chi connectivity index (χ3n) is 3.32. The molecular weight excluding hydrogens is 282 g/mol. The van der Waals surface area contributed by atoms with E-state index in [9.17, 15) is 4.79 Å². The van der Waals surface area contributed by atoms with Crippen molar-refractivity contribution in [2.75, 3.05) is 6.54 Å². The Hall–Kier alpha value is -0.553. The molecule has 124 valence electrons. The molecule has 0 aliphatic carbocycles. The van der Waals surface area contributed by atoms with Crippen molar-refractivity contribution in [2.24, 2.45) is 0 Å². The van der Waals surface area contributed by atoms with E-state index in [1.165, 1.54) is 19.3 Å². The maximum absolute atomic E-state index is 12.5. The molecule has 1 amide bonds. The summed E-state index contributed by atoms with van der Waals surface area (Å²) in [5.41, 5.74) is -0.459. The number of rotatable bonds is 2. The number of ether oxygens (including phenoxy) is 1. The summed E-state index contributed by atoms with van der Waals surface area (Å²) in [6, 6.07) is 0. The van der Waals surface area contributed by atoms with Crippen molar-refractivity contribution >= 4 is 14.4 Å². The van der Waals surface area contributed by atoms with E-state index in [0.29, 0.717) is 0 Å². The standard InChI is InChI=1S/C16H33NO3Si/c1-16(2,3)19-15(18)17-13-11-9-7-8-10-12-14(17)20-21(4,5)6/h14H,7-13H2,1-6H3. The SMILES string of the molecule is CC(C)(C)OC(=O)N1CCCCCCCC1O[Si](C)(C)C. The Labute approximate surface area is 131 Å². The summed E-state index contributed by atoms with van der Waals surface area (Å²) >= 11 is 0. The van der Waals surface area contributed by atoms with Crippen molar-refractivity contribution in [2.45, 2.75) is 90.8 Å². The summed E-state index contributed by atoms with van der Waals surface area (Å²) in [4.78, 5) is 14.4. The predicted octanol–water partition coefficient (Wildman–Crippen LogP) is 4.76. The molecule has 0 radical (unpaired) electrons. The number of nitrogens with zero attached hydrogens (tertiary/aromatic N) is 1. The van der Waals surface area contributed by atoms with Crippen LogP contribution in [0, 0.1) is 0 Å². The number of hydrogen-bond donors (Lipinski definition) is 0. The van der Waals surface area contributed by atoms with Gasteiger partial charge in [-0.2, -0.15) is 0 Å². The molecule has 1 heterocycles. The highest BCUT2D eigenvalue weighted by molar-refractivity contribution is 6.69. The Morgan fingerprint density at radius 3 is 2.19 bits per heavy atom. The van der Waals surface area contributed by atoms with Crippen LogP contribution in [0.2, 0.25) is 19.6 Å². The molecule has 1 aliphatic rings. The van der Waals surface area contributed by atoms with E-state index in [2.05, 4.69) is 19.6 Å². The molecule has 21 heavy (non-hydrogen) atoms. The van der Waals surface area contributed by atoms with Crippen LogP contribution in [-0.4, -0.2) is 37.7 Å². The number of carbonyl (C=O) groups excluding carboxylic acids is 1. The van der Waals surface area contributed by atoms with Gasteiger partial charge in [0.25, 0.3) is 0 Å². The minimum absolute atomic E-state index is 0.121. The van der Waals surface area contributed by atoms with Crippen molar-refractivity contribution in [1.29, 1.82) is 0 Å². The molecule has 0 bridgehead atoms. The molecule has 1 saturated heterocycles. The molecule has 0 spiro atoms. The zero-order chi connectivity index (χ0) is 16.1. The first-order valence-electron chi connectivity index (χ1n) is 8.26. The van der Waals surface area contributed by atoms with Crippen molar-refractivity contribution in [1.82, 2.24) is 4.90 Å². The smallest absolute Gasteiger partial charge is 0.412 e. The minimum Gasteiger partial charge on any atom is -0.444 e. The fourth-order valence-electron chi connectivity index (χ4n) is 2.49. The van der Waals surface area contributed by atoms with Gasteiger partial charge >= 0.3 is 6.09 Å². The molecule has 1 fully saturated rings. The van der Waals surface area contributed by atoms with E-state index in [0.717, 1.165) is 25.8 Å². The third kappa shape index (κ3) is 7.86. The molecule has 0 aromatic carbocycles. The Kier molecular flexibility index (Phi) is 6.72. The van der Waals surface area contributed by atoms with Crippen LogP contribution in [0.4, 0.5) is 4.79 Å². The van der Waals surface area contributed by atoms with E-state index < -0.39 is 13.9 Å². The second-order valence-corrected chi connectivity index (χ2v) is 12.4. The van der Waals surface area contributed by atoms with Crippen LogP contribution in [0.15, 0.2) is 0 Å². The molecule has 1 unspecified atom stereocenters. The zero-order valence-electron chi connectivity index (χ0n) is 14.7. The fraction of sp³-hybridized carbons (Fsp3) is 0.938. The fourth-order valence-corrected chi connectivity index (χ4v) is 3.55. The lowest BCUT2D eigenvalue weighted by Crippen LogP contribution is -2.48. The largest absolute Gasteiger partial charge is 0.444 e. The van der Waals surface area contributed by atoms with Gasteiger partial charge in [-0.25, -0.2) is 4.79 Å². The highest BCUT2D eigenvalue weighted by atomic mass is 28.4. The van der Waals surface area contributed by atoms with Crippen molar-refractivity contribution in [3.8, 4) is 0 Å². The molecule has 1 aliphatic heterocycles. The van der Waals surface area contributed by atoms with Gasteiger partial charge in [-0.1, -0.05) is 19.3 Å². The average molecular weight is 316 g/mol. The van der Waals surface area contributed by atoms with Crippen LogP contribution in [0.25, 0.3) is 0 Å². The van der Waals surface area contributed by atoms with E-state index in [1.54, 1.807) is 0 Å². The lowest BCUT2D eigenvalue weighted by Gasteiger charge is -2.36. The Balaban J connectivity index is 2.84. The summed E-state index contributed by atoms with van der Waals surface area (Å²) < 4.78 is 11.9. The lowest BCUT2D eigenvalue weighted by atomic mass is 10.1. The number of amides is 1. The van der Waals surface area contributed by atoms with Crippen LogP contribution in [0.3, 0.4) is 0 Å². The second-order valence-electron chi connectivity index (χ2n) is 7.92. The average Bonchev–Trinajstić information content (AvgIpc) is 2.36. The Morgan fingerprint density at radius 1 is 1.05 bits per heavy atom. The van der Waals surface area contributed by atoms with Crippen molar-refractivity contribution < 1.29 is 14.0 Å². The normalized spacial score (nSPS) is 22.2. The van der Waals surface area contributed by atoms with Gasteiger partial charge in [-0.3, -0.25) is 4.90 Å². The maximum Gasteiger partial charge on any atom is 0.412 e.